The summed E-state index contributed by atoms with van der Waals surface area (Å²) in [5.74, 6) is 2.32. The predicted molar refractivity (Wildman–Crippen MR) is 106 cm³/mol. The number of hydrogen-bond acceptors (Lipinski definition) is 6. The van der Waals surface area contributed by atoms with Gasteiger partial charge in [-0.2, -0.15) is 0 Å². The van der Waals surface area contributed by atoms with Gasteiger partial charge in [-0.3, -0.25) is 0 Å². The Balaban J connectivity index is 1.33. The molecule has 6 nitrogen and oxygen atoms in total. The van der Waals surface area contributed by atoms with E-state index in [2.05, 4.69) is 42.7 Å². The molecular weight excluding hydrogens is 336 g/mol. The molecule has 2 aromatic heterocycles. The molecule has 0 atom stereocenters. The number of hydrogen-bond donors (Lipinski definition) is 0. The van der Waals surface area contributed by atoms with Gasteiger partial charge in [-0.1, -0.05) is 0 Å². The van der Waals surface area contributed by atoms with Gasteiger partial charge in [0.15, 0.2) is 0 Å². The summed E-state index contributed by atoms with van der Waals surface area (Å²) in [4.78, 5) is 23.2. The fraction of sp³-hybridized carbons (Fsp3) is 0.619. The third-order valence-corrected chi connectivity index (χ3v) is 6.25. The van der Waals surface area contributed by atoms with Gasteiger partial charge < -0.3 is 9.80 Å². The number of aromatic nitrogens is 4. The lowest BCUT2D eigenvalue weighted by Crippen LogP contribution is -2.47. The van der Waals surface area contributed by atoms with E-state index in [9.17, 15) is 0 Å². The highest BCUT2D eigenvalue weighted by Crippen LogP contribution is 2.36. The molecule has 3 heterocycles. The maximum atomic E-state index is 4.68. The lowest BCUT2D eigenvalue weighted by Gasteiger charge is -2.40. The summed E-state index contributed by atoms with van der Waals surface area (Å²) < 4.78 is 0. The van der Waals surface area contributed by atoms with Crippen LogP contribution in [0.3, 0.4) is 0 Å². The van der Waals surface area contributed by atoms with Crippen molar-refractivity contribution < 1.29 is 0 Å². The van der Waals surface area contributed by atoms with E-state index >= 15 is 0 Å². The Labute approximate surface area is 161 Å². The lowest BCUT2D eigenvalue weighted by atomic mass is 9.95. The van der Waals surface area contributed by atoms with E-state index in [0.29, 0.717) is 12.1 Å². The highest BCUT2D eigenvalue weighted by molar-refractivity contribution is 5.51. The number of fused-ring (bicyclic) bond motifs is 1. The highest BCUT2D eigenvalue weighted by atomic mass is 15.3. The number of piperidine rings is 1. The van der Waals surface area contributed by atoms with E-state index in [1.165, 1.54) is 55.6 Å². The first-order chi connectivity index (χ1) is 13.3. The SMILES string of the molecule is Cc1cc(N(C2CC2)C2CCN(c3ncnc4c3CCCC4)CC2)ncn1. The number of aryl methyl sites for hydroxylation is 2. The van der Waals surface area contributed by atoms with E-state index in [1.807, 2.05) is 0 Å². The van der Waals surface area contributed by atoms with Crippen molar-refractivity contribution in [2.24, 2.45) is 0 Å². The van der Waals surface area contributed by atoms with Gasteiger partial charge in [-0.15, -0.1) is 0 Å². The van der Waals surface area contributed by atoms with Crippen molar-refractivity contribution in [1.82, 2.24) is 19.9 Å². The maximum Gasteiger partial charge on any atom is 0.135 e. The van der Waals surface area contributed by atoms with Gasteiger partial charge in [0, 0.05) is 48.2 Å². The van der Waals surface area contributed by atoms with Crippen LogP contribution in [0.4, 0.5) is 11.6 Å². The van der Waals surface area contributed by atoms with Gasteiger partial charge >= 0.3 is 0 Å². The molecule has 1 aliphatic heterocycles. The molecule has 1 saturated heterocycles. The van der Waals surface area contributed by atoms with Crippen molar-refractivity contribution in [3.05, 3.63) is 35.7 Å². The average molecular weight is 364 g/mol. The van der Waals surface area contributed by atoms with Crippen molar-refractivity contribution in [3.63, 3.8) is 0 Å². The van der Waals surface area contributed by atoms with Crippen molar-refractivity contribution in [3.8, 4) is 0 Å². The smallest absolute Gasteiger partial charge is 0.135 e. The Kier molecular flexibility index (Phi) is 4.42. The second-order valence-corrected chi connectivity index (χ2v) is 8.20. The molecule has 6 heteroatoms. The molecule has 3 aliphatic rings. The van der Waals surface area contributed by atoms with Crippen LogP contribution in [0.2, 0.25) is 0 Å². The Morgan fingerprint density at radius 3 is 2.41 bits per heavy atom. The van der Waals surface area contributed by atoms with Gasteiger partial charge in [0.1, 0.15) is 24.3 Å². The van der Waals surface area contributed by atoms with Gasteiger partial charge in [-0.05, 0) is 58.3 Å². The molecule has 0 spiro atoms. The van der Waals surface area contributed by atoms with Crippen LogP contribution in [0.15, 0.2) is 18.7 Å². The first-order valence-electron chi connectivity index (χ1n) is 10.4. The quantitative estimate of drug-likeness (QED) is 0.831. The minimum atomic E-state index is 0.570. The van der Waals surface area contributed by atoms with Crippen molar-refractivity contribution in [2.75, 3.05) is 22.9 Å². The molecule has 0 bridgehead atoms. The summed E-state index contributed by atoms with van der Waals surface area (Å²) in [6, 6.07) is 3.38. The monoisotopic (exact) mass is 364 g/mol. The molecule has 5 rings (SSSR count). The summed E-state index contributed by atoms with van der Waals surface area (Å²) in [7, 11) is 0. The maximum absolute atomic E-state index is 4.68. The normalized spacial score (nSPS) is 20.4. The molecule has 0 N–H and O–H groups in total. The predicted octanol–water partition coefficient (Wildman–Crippen LogP) is 3.09. The Morgan fingerprint density at radius 2 is 1.63 bits per heavy atom. The zero-order valence-corrected chi connectivity index (χ0v) is 16.1. The Hall–Kier alpha value is -2.24. The molecule has 142 valence electrons. The van der Waals surface area contributed by atoms with E-state index in [-0.39, 0.29) is 0 Å². The molecule has 1 saturated carbocycles. The molecule has 27 heavy (non-hydrogen) atoms. The standard InChI is InChI=1S/C21H28N6/c1-15-12-20(24-13-22-15)27(16-6-7-16)17-8-10-26(11-9-17)21-18-4-2-3-5-19(18)23-14-25-21/h12-14,16-17H,2-11H2,1H3. The van der Waals surface area contributed by atoms with Gasteiger partial charge in [0.05, 0.1) is 0 Å². The fourth-order valence-electron chi connectivity index (χ4n) is 4.74. The van der Waals surface area contributed by atoms with Gasteiger partial charge in [0.2, 0.25) is 0 Å². The molecule has 0 radical (unpaired) electrons. The zero-order chi connectivity index (χ0) is 18.2. The molecule has 0 aromatic carbocycles. The van der Waals surface area contributed by atoms with Crippen LogP contribution in [-0.4, -0.2) is 45.1 Å². The molecule has 2 fully saturated rings. The summed E-state index contributed by atoms with van der Waals surface area (Å²) in [6.07, 6.45) is 13.2. The van der Waals surface area contributed by atoms with Crippen LogP contribution in [-0.2, 0) is 12.8 Å². The van der Waals surface area contributed by atoms with E-state index in [1.54, 1.807) is 12.7 Å². The van der Waals surface area contributed by atoms with E-state index in [4.69, 9.17) is 0 Å². The van der Waals surface area contributed by atoms with E-state index in [0.717, 1.165) is 37.4 Å². The van der Waals surface area contributed by atoms with E-state index < -0.39 is 0 Å². The summed E-state index contributed by atoms with van der Waals surface area (Å²) in [5.41, 5.74) is 3.74. The number of anilines is 2. The highest BCUT2D eigenvalue weighted by Gasteiger charge is 2.37. The van der Waals surface area contributed by atoms with Crippen molar-refractivity contribution in [2.45, 2.75) is 70.4 Å². The van der Waals surface area contributed by atoms with Crippen LogP contribution in [0.1, 0.15) is 55.5 Å². The second kappa shape index (κ2) is 7.06. The van der Waals surface area contributed by atoms with Crippen molar-refractivity contribution in [1.29, 1.82) is 0 Å². The van der Waals surface area contributed by atoms with Gasteiger partial charge in [-0.25, -0.2) is 19.9 Å². The number of rotatable bonds is 4. The van der Waals surface area contributed by atoms with Crippen LogP contribution >= 0.6 is 0 Å². The summed E-state index contributed by atoms with van der Waals surface area (Å²) in [5, 5.41) is 0. The molecular formula is C21H28N6. The van der Waals surface area contributed by atoms with Gasteiger partial charge in [0.25, 0.3) is 0 Å². The molecule has 0 amide bonds. The average Bonchev–Trinajstić information content (AvgIpc) is 3.54. The van der Waals surface area contributed by atoms with Crippen LogP contribution < -0.4 is 9.80 Å². The van der Waals surface area contributed by atoms with Crippen LogP contribution in [0.25, 0.3) is 0 Å². The Morgan fingerprint density at radius 1 is 0.889 bits per heavy atom. The molecule has 2 aromatic rings. The topological polar surface area (TPSA) is 58.0 Å². The largest absolute Gasteiger partial charge is 0.356 e. The molecule has 0 unspecified atom stereocenters. The Bertz CT molecular complexity index is 810. The first kappa shape index (κ1) is 16.9. The minimum absolute atomic E-state index is 0.570. The summed E-state index contributed by atoms with van der Waals surface area (Å²) >= 11 is 0. The fourth-order valence-corrected chi connectivity index (χ4v) is 4.74. The lowest BCUT2D eigenvalue weighted by molar-refractivity contribution is 0.455. The minimum Gasteiger partial charge on any atom is -0.356 e. The third kappa shape index (κ3) is 3.37. The first-order valence-corrected chi connectivity index (χ1v) is 10.4. The number of nitrogens with zero attached hydrogens (tertiary/aromatic N) is 6. The molecule has 2 aliphatic carbocycles. The third-order valence-electron chi connectivity index (χ3n) is 6.25. The van der Waals surface area contributed by atoms with Crippen LogP contribution in [0.5, 0.6) is 0 Å². The second-order valence-electron chi connectivity index (χ2n) is 8.20. The van der Waals surface area contributed by atoms with Crippen molar-refractivity contribution >= 4 is 11.6 Å². The zero-order valence-electron chi connectivity index (χ0n) is 16.1. The van der Waals surface area contributed by atoms with Crippen LogP contribution in [0, 0.1) is 6.92 Å². The summed E-state index contributed by atoms with van der Waals surface area (Å²) in [6.45, 7) is 4.19.